The van der Waals surface area contributed by atoms with E-state index >= 15 is 0 Å². The maximum Gasteiger partial charge on any atom is 0.338 e. The van der Waals surface area contributed by atoms with Crippen LogP contribution in [0.2, 0.25) is 0 Å². The summed E-state index contributed by atoms with van der Waals surface area (Å²) in [6, 6.07) is 5.88. The molecule has 1 aromatic carbocycles. The van der Waals surface area contributed by atoms with Crippen LogP contribution in [0.1, 0.15) is 31.9 Å². The van der Waals surface area contributed by atoms with E-state index in [1.54, 1.807) is 6.92 Å². The summed E-state index contributed by atoms with van der Waals surface area (Å²) in [6.07, 6.45) is 1.37. The molecule has 0 fully saturated rings. The first kappa shape index (κ1) is 16.0. The number of para-hydroxylation sites is 1. The third-order valence-electron chi connectivity index (χ3n) is 2.71. The molecule has 20 heavy (non-hydrogen) atoms. The van der Waals surface area contributed by atoms with Gasteiger partial charge in [-0.15, -0.1) is 0 Å². The van der Waals surface area contributed by atoms with Crippen molar-refractivity contribution in [3.05, 3.63) is 65.8 Å². The van der Waals surface area contributed by atoms with Crippen molar-refractivity contribution in [2.45, 2.75) is 33.6 Å². The average Bonchev–Trinajstić information content (AvgIpc) is 2.31. The molecule has 1 rings (SSSR count). The Kier molecular flexibility index (Phi) is 5.51. The van der Waals surface area contributed by atoms with Crippen molar-refractivity contribution in [2.24, 2.45) is 0 Å². The lowest BCUT2D eigenvalue weighted by Crippen LogP contribution is -2.12. The molecule has 0 unspecified atom stereocenters. The highest BCUT2D eigenvalue weighted by molar-refractivity contribution is 5.89. The van der Waals surface area contributed by atoms with Gasteiger partial charge in [0.15, 0.2) is 0 Å². The first-order chi connectivity index (χ1) is 9.31. The third kappa shape index (κ3) is 4.54. The van der Waals surface area contributed by atoms with Gasteiger partial charge in [-0.2, -0.15) is 0 Å². The molecule has 0 aliphatic carbocycles. The number of carbonyl (C=O) groups excluding carboxylic acids is 1. The summed E-state index contributed by atoms with van der Waals surface area (Å²) in [7, 11) is 0. The number of rotatable bonds is 6. The predicted molar refractivity (Wildman–Crippen MR) is 83.9 cm³/mol. The van der Waals surface area contributed by atoms with Crippen LogP contribution in [0.3, 0.4) is 0 Å². The van der Waals surface area contributed by atoms with Gasteiger partial charge in [-0.25, -0.2) is 4.79 Å². The Balaban J connectivity index is 3.23. The van der Waals surface area contributed by atoms with Crippen molar-refractivity contribution >= 4 is 5.97 Å². The van der Waals surface area contributed by atoms with Crippen LogP contribution < -0.4 is 4.74 Å². The van der Waals surface area contributed by atoms with Crippen molar-refractivity contribution in [3.63, 3.8) is 0 Å². The molecule has 2 heteroatoms. The third-order valence-corrected chi connectivity index (χ3v) is 2.71. The Labute approximate surface area is 121 Å². The zero-order valence-corrected chi connectivity index (χ0v) is 12.6. The molecule has 0 radical (unpaired) electrons. The standard InChI is InChI=1S/C18H22O2/c1-12(2)10-15-8-7-9-16(11-13(3)4)17(15)20-18(19)14(5)6/h7-9H,1,3,5,10-11H2,2,4,6H3. The van der Waals surface area contributed by atoms with Crippen LogP contribution in [0.25, 0.3) is 0 Å². The first-order valence-corrected chi connectivity index (χ1v) is 6.58. The van der Waals surface area contributed by atoms with Gasteiger partial charge >= 0.3 is 5.97 Å². The molecule has 0 saturated carbocycles. The first-order valence-electron chi connectivity index (χ1n) is 6.58. The fourth-order valence-corrected chi connectivity index (χ4v) is 1.88. The van der Waals surface area contributed by atoms with E-state index in [0.717, 1.165) is 22.3 Å². The van der Waals surface area contributed by atoms with E-state index in [0.29, 0.717) is 24.2 Å². The molecule has 0 aromatic heterocycles. The molecular weight excluding hydrogens is 248 g/mol. The molecule has 2 nitrogen and oxygen atoms in total. The molecule has 106 valence electrons. The highest BCUT2D eigenvalue weighted by Crippen LogP contribution is 2.28. The lowest BCUT2D eigenvalue weighted by atomic mass is 9.99. The average molecular weight is 270 g/mol. The molecule has 1 aromatic rings. The van der Waals surface area contributed by atoms with Gasteiger partial charge < -0.3 is 4.74 Å². The van der Waals surface area contributed by atoms with Gasteiger partial charge in [0.1, 0.15) is 5.75 Å². The molecule has 0 saturated heterocycles. The highest BCUT2D eigenvalue weighted by atomic mass is 16.5. The molecule has 0 atom stereocenters. The fraction of sp³-hybridized carbons (Fsp3) is 0.278. The van der Waals surface area contributed by atoms with E-state index in [4.69, 9.17) is 4.74 Å². The monoisotopic (exact) mass is 270 g/mol. The number of hydrogen-bond donors (Lipinski definition) is 0. The summed E-state index contributed by atoms with van der Waals surface area (Å²) in [5, 5.41) is 0. The van der Waals surface area contributed by atoms with Crippen LogP contribution in [0, 0.1) is 0 Å². The van der Waals surface area contributed by atoms with Crippen molar-refractivity contribution in [2.75, 3.05) is 0 Å². The van der Waals surface area contributed by atoms with Gasteiger partial charge in [-0.1, -0.05) is 49.1 Å². The number of carbonyl (C=O) groups is 1. The minimum atomic E-state index is -0.401. The Morgan fingerprint density at radius 2 is 1.45 bits per heavy atom. The normalized spacial score (nSPS) is 9.95. The van der Waals surface area contributed by atoms with Gasteiger partial charge in [-0.3, -0.25) is 0 Å². The van der Waals surface area contributed by atoms with E-state index in [9.17, 15) is 4.79 Å². The quantitative estimate of drug-likeness (QED) is 0.331. The van der Waals surface area contributed by atoms with Crippen molar-refractivity contribution in [3.8, 4) is 5.75 Å². The van der Waals surface area contributed by atoms with Crippen LogP contribution in [-0.4, -0.2) is 5.97 Å². The topological polar surface area (TPSA) is 26.3 Å². The lowest BCUT2D eigenvalue weighted by Gasteiger charge is -2.15. The second-order valence-electron chi connectivity index (χ2n) is 5.34. The van der Waals surface area contributed by atoms with Gasteiger partial charge in [-0.05, 0) is 44.7 Å². The molecule has 0 bridgehead atoms. The van der Waals surface area contributed by atoms with Crippen molar-refractivity contribution < 1.29 is 9.53 Å². The van der Waals surface area contributed by atoms with Gasteiger partial charge in [0.05, 0.1) is 0 Å². The largest absolute Gasteiger partial charge is 0.423 e. The van der Waals surface area contributed by atoms with E-state index < -0.39 is 5.97 Å². The van der Waals surface area contributed by atoms with E-state index in [2.05, 4.69) is 19.7 Å². The lowest BCUT2D eigenvalue weighted by molar-refractivity contribution is -0.130. The zero-order valence-electron chi connectivity index (χ0n) is 12.6. The minimum absolute atomic E-state index is 0.386. The summed E-state index contributed by atoms with van der Waals surface area (Å²) >= 11 is 0. The maximum absolute atomic E-state index is 11.8. The highest BCUT2D eigenvalue weighted by Gasteiger charge is 2.14. The Morgan fingerprint density at radius 3 is 1.80 bits per heavy atom. The summed E-state index contributed by atoms with van der Waals surface area (Å²) in [4.78, 5) is 11.8. The van der Waals surface area contributed by atoms with Crippen molar-refractivity contribution in [1.82, 2.24) is 0 Å². The van der Waals surface area contributed by atoms with E-state index in [-0.39, 0.29) is 0 Å². The Bertz CT molecular complexity index is 531. The molecule has 0 aliphatic heterocycles. The van der Waals surface area contributed by atoms with E-state index in [1.165, 1.54) is 0 Å². The van der Waals surface area contributed by atoms with Gasteiger partial charge in [0.25, 0.3) is 0 Å². The molecule has 0 spiro atoms. The van der Waals surface area contributed by atoms with E-state index in [1.807, 2.05) is 32.0 Å². The summed E-state index contributed by atoms with van der Waals surface area (Å²) in [6.45, 7) is 17.0. The Morgan fingerprint density at radius 1 is 1.00 bits per heavy atom. The van der Waals surface area contributed by atoms with Crippen LogP contribution in [0.4, 0.5) is 0 Å². The van der Waals surface area contributed by atoms with Crippen LogP contribution in [0.15, 0.2) is 54.7 Å². The summed E-state index contributed by atoms with van der Waals surface area (Å²) in [5.41, 5.74) is 4.35. The number of benzene rings is 1. The summed E-state index contributed by atoms with van der Waals surface area (Å²) in [5.74, 6) is 0.216. The molecule has 0 heterocycles. The van der Waals surface area contributed by atoms with Gasteiger partial charge in [0, 0.05) is 5.57 Å². The second kappa shape index (κ2) is 6.90. The number of hydrogen-bond acceptors (Lipinski definition) is 2. The zero-order chi connectivity index (χ0) is 15.3. The molecule has 0 N–H and O–H groups in total. The number of esters is 1. The molecular formula is C18H22O2. The SMILES string of the molecule is C=C(C)Cc1cccc(CC(=C)C)c1OC(=O)C(=C)C. The summed E-state index contributed by atoms with van der Waals surface area (Å²) < 4.78 is 5.52. The van der Waals surface area contributed by atoms with Crippen molar-refractivity contribution in [1.29, 1.82) is 0 Å². The second-order valence-corrected chi connectivity index (χ2v) is 5.34. The van der Waals surface area contributed by atoms with Crippen LogP contribution >= 0.6 is 0 Å². The molecule has 0 aliphatic rings. The van der Waals surface area contributed by atoms with Gasteiger partial charge in [0.2, 0.25) is 0 Å². The van der Waals surface area contributed by atoms with Crippen LogP contribution in [-0.2, 0) is 17.6 Å². The smallest absolute Gasteiger partial charge is 0.338 e. The number of allylic oxidation sites excluding steroid dienone is 2. The predicted octanol–water partition coefficient (Wildman–Crippen LogP) is 4.41. The maximum atomic E-state index is 11.8. The number of ether oxygens (including phenoxy) is 1. The fourth-order valence-electron chi connectivity index (χ4n) is 1.88. The minimum Gasteiger partial charge on any atom is -0.423 e. The Hall–Kier alpha value is -2.09. The molecule has 0 amide bonds. The van der Waals surface area contributed by atoms with Crippen LogP contribution in [0.5, 0.6) is 5.75 Å².